The van der Waals surface area contributed by atoms with Gasteiger partial charge in [0.25, 0.3) is 0 Å². The predicted octanol–water partition coefficient (Wildman–Crippen LogP) is 3.85. The van der Waals surface area contributed by atoms with Crippen LogP contribution in [0.5, 0.6) is 5.75 Å². The second-order valence-electron chi connectivity index (χ2n) is 4.81. The van der Waals surface area contributed by atoms with Crippen molar-refractivity contribution < 1.29 is 9.47 Å². The zero-order valence-corrected chi connectivity index (χ0v) is 13.6. The maximum Gasteiger partial charge on any atom is 0.123 e. The minimum Gasteiger partial charge on any atom is -0.491 e. The molecular formula is C17H26ClNO2. The molecule has 0 aliphatic rings. The Hall–Kier alpha value is -1.03. The predicted molar refractivity (Wildman–Crippen MR) is 89.4 cm³/mol. The SMILES string of the molecule is C=CCc1cc(Cl)ccc1OCCOCCNCCCC. The van der Waals surface area contributed by atoms with Gasteiger partial charge in [-0.2, -0.15) is 0 Å². The van der Waals surface area contributed by atoms with Gasteiger partial charge in [-0.25, -0.2) is 0 Å². The molecule has 0 saturated heterocycles. The molecule has 0 aliphatic carbocycles. The van der Waals surface area contributed by atoms with Crippen LogP contribution in [0.4, 0.5) is 0 Å². The lowest BCUT2D eigenvalue weighted by Gasteiger charge is -2.11. The molecule has 1 aromatic rings. The summed E-state index contributed by atoms with van der Waals surface area (Å²) in [6.07, 6.45) is 5.02. The highest BCUT2D eigenvalue weighted by atomic mass is 35.5. The average molecular weight is 312 g/mol. The summed E-state index contributed by atoms with van der Waals surface area (Å²) in [5.41, 5.74) is 1.05. The fourth-order valence-electron chi connectivity index (χ4n) is 1.89. The summed E-state index contributed by atoms with van der Waals surface area (Å²) in [6.45, 7) is 9.74. The number of hydrogen-bond acceptors (Lipinski definition) is 3. The maximum atomic E-state index is 5.99. The molecule has 3 nitrogen and oxygen atoms in total. The van der Waals surface area contributed by atoms with Gasteiger partial charge in [-0.05, 0) is 43.1 Å². The lowest BCUT2D eigenvalue weighted by Crippen LogP contribution is -2.21. The van der Waals surface area contributed by atoms with Gasteiger partial charge in [0.1, 0.15) is 12.4 Å². The minimum atomic E-state index is 0.542. The highest BCUT2D eigenvalue weighted by Gasteiger charge is 2.03. The summed E-state index contributed by atoms with van der Waals surface area (Å²) in [5.74, 6) is 0.851. The topological polar surface area (TPSA) is 30.5 Å². The molecule has 1 rings (SSSR count). The molecule has 0 radical (unpaired) electrons. The Kier molecular flexibility index (Phi) is 9.96. The van der Waals surface area contributed by atoms with Crippen molar-refractivity contribution >= 4 is 11.6 Å². The van der Waals surface area contributed by atoms with Gasteiger partial charge >= 0.3 is 0 Å². The third-order valence-electron chi connectivity index (χ3n) is 3.00. The fourth-order valence-corrected chi connectivity index (χ4v) is 2.08. The molecule has 0 bridgehead atoms. The standard InChI is InChI=1S/C17H26ClNO2/c1-3-5-9-19-10-11-20-12-13-21-17-8-7-16(18)14-15(17)6-4-2/h4,7-8,14,19H,2-3,5-6,9-13H2,1H3. The van der Waals surface area contributed by atoms with Crippen LogP contribution in [-0.4, -0.2) is 32.9 Å². The maximum absolute atomic E-state index is 5.99. The smallest absolute Gasteiger partial charge is 0.123 e. The van der Waals surface area contributed by atoms with Crippen molar-refractivity contribution in [3.63, 3.8) is 0 Å². The summed E-state index contributed by atoms with van der Waals surface area (Å²) in [5, 5.41) is 4.05. The molecule has 0 atom stereocenters. The molecule has 1 N–H and O–H groups in total. The van der Waals surface area contributed by atoms with Crippen LogP contribution in [0.3, 0.4) is 0 Å². The molecule has 0 aromatic heterocycles. The zero-order chi connectivity index (χ0) is 15.3. The van der Waals surface area contributed by atoms with Crippen molar-refractivity contribution in [3.8, 4) is 5.75 Å². The number of ether oxygens (including phenoxy) is 2. The first-order valence-corrected chi connectivity index (χ1v) is 7.96. The molecule has 0 aliphatic heterocycles. The van der Waals surface area contributed by atoms with E-state index in [1.54, 1.807) is 0 Å². The van der Waals surface area contributed by atoms with Crippen LogP contribution in [-0.2, 0) is 11.2 Å². The Morgan fingerprint density at radius 3 is 2.86 bits per heavy atom. The molecule has 118 valence electrons. The fraction of sp³-hybridized carbons (Fsp3) is 0.529. The van der Waals surface area contributed by atoms with Crippen molar-refractivity contribution in [1.29, 1.82) is 0 Å². The van der Waals surface area contributed by atoms with Gasteiger partial charge in [0.15, 0.2) is 0 Å². The van der Waals surface area contributed by atoms with Crippen molar-refractivity contribution in [1.82, 2.24) is 5.32 Å². The van der Waals surface area contributed by atoms with Crippen molar-refractivity contribution in [2.24, 2.45) is 0 Å². The van der Waals surface area contributed by atoms with Gasteiger partial charge in [0.2, 0.25) is 0 Å². The molecule has 0 fully saturated rings. The number of allylic oxidation sites excluding steroid dienone is 1. The molecule has 0 saturated carbocycles. The van der Waals surface area contributed by atoms with Crippen LogP contribution in [0, 0.1) is 0 Å². The number of rotatable bonds is 12. The number of hydrogen-bond donors (Lipinski definition) is 1. The summed E-state index contributed by atoms with van der Waals surface area (Å²) < 4.78 is 11.3. The molecule has 0 amide bonds. The van der Waals surface area contributed by atoms with E-state index < -0.39 is 0 Å². The van der Waals surface area contributed by atoms with E-state index in [0.717, 1.165) is 30.8 Å². The summed E-state index contributed by atoms with van der Waals surface area (Å²) in [6, 6.07) is 5.65. The van der Waals surface area contributed by atoms with Crippen molar-refractivity contribution in [3.05, 3.63) is 41.4 Å². The van der Waals surface area contributed by atoms with Crippen LogP contribution in [0.2, 0.25) is 5.02 Å². The molecule has 0 unspecified atom stereocenters. The molecule has 1 aromatic carbocycles. The van der Waals surface area contributed by atoms with E-state index in [9.17, 15) is 0 Å². The highest BCUT2D eigenvalue weighted by Crippen LogP contribution is 2.23. The summed E-state index contributed by atoms with van der Waals surface area (Å²) >= 11 is 5.99. The Balaban J connectivity index is 2.16. The second kappa shape index (κ2) is 11.6. The van der Waals surface area contributed by atoms with Gasteiger partial charge in [-0.3, -0.25) is 0 Å². The van der Waals surface area contributed by atoms with Crippen LogP contribution in [0.1, 0.15) is 25.3 Å². The van der Waals surface area contributed by atoms with Gasteiger partial charge in [-0.1, -0.05) is 31.0 Å². The Labute approximate surface area is 133 Å². The Morgan fingerprint density at radius 1 is 1.24 bits per heavy atom. The molecule has 4 heteroatoms. The van der Waals surface area contributed by atoms with Crippen LogP contribution in [0.25, 0.3) is 0 Å². The first kappa shape index (κ1) is 18.0. The van der Waals surface area contributed by atoms with Gasteiger partial charge in [0.05, 0.1) is 13.2 Å². The normalized spacial score (nSPS) is 10.6. The number of halogens is 1. The van der Waals surface area contributed by atoms with E-state index in [0.29, 0.717) is 24.8 Å². The zero-order valence-electron chi connectivity index (χ0n) is 12.9. The summed E-state index contributed by atoms with van der Waals surface area (Å²) in [4.78, 5) is 0. The Bertz CT molecular complexity index is 410. The molecule has 0 heterocycles. The quantitative estimate of drug-likeness (QED) is 0.470. The van der Waals surface area contributed by atoms with Crippen LogP contribution >= 0.6 is 11.6 Å². The Morgan fingerprint density at radius 2 is 2.10 bits per heavy atom. The lowest BCUT2D eigenvalue weighted by atomic mass is 10.1. The van der Waals surface area contributed by atoms with Crippen LogP contribution < -0.4 is 10.1 Å². The van der Waals surface area contributed by atoms with Crippen LogP contribution in [0.15, 0.2) is 30.9 Å². The lowest BCUT2D eigenvalue weighted by molar-refractivity contribution is 0.101. The van der Waals surface area contributed by atoms with E-state index >= 15 is 0 Å². The van der Waals surface area contributed by atoms with E-state index in [1.807, 2.05) is 24.3 Å². The van der Waals surface area contributed by atoms with Gasteiger partial charge in [-0.15, -0.1) is 6.58 Å². The monoisotopic (exact) mass is 311 g/mol. The van der Waals surface area contributed by atoms with E-state index in [1.165, 1.54) is 12.8 Å². The van der Waals surface area contributed by atoms with E-state index in [2.05, 4.69) is 18.8 Å². The first-order valence-electron chi connectivity index (χ1n) is 7.58. The first-order chi connectivity index (χ1) is 10.3. The average Bonchev–Trinajstić information content (AvgIpc) is 2.48. The molecule has 0 spiro atoms. The third kappa shape index (κ3) is 8.10. The second-order valence-corrected chi connectivity index (χ2v) is 5.25. The third-order valence-corrected chi connectivity index (χ3v) is 3.24. The van der Waals surface area contributed by atoms with E-state index in [4.69, 9.17) is 21.1 Å². The summed E-state index contributed by atoms with van der Waals surface area (Å²) in [7, 11) is 0. The number of nitrogens with one attached hydrogen (secondary N) is 1. The number of unbranched alkanes of at least 4 members (excludes halogenated alkanes) is 1. The molecular weight excluding hydrogens is 286 g/mol. The van der Waals surface area contributed by atoms with Crippen molar-refractivity contribution in [2.45, 2.75) is 26.2 Å². The van der Waals surface area contributed by atoms with E-state index in [-0.39, 0.29) is 0 Å². The van der Waals surface area contributed by atoms with Gasteiger partial charge in [0, 0.05) is 11.6 Å². The van der Waals surface area contributed by atoms with Gasteiger partial charge < -0.3 is 14.8 Å². The molecule has 21 heavy (non-hydrogen) atoms. The number of benzene rings is 1. The van der Waals surface area contributed by atoms with Crippen molar-refractivity contribution in [2.75, 3.05) is 32.9 Å². The largest absolute Gasteiger partial charge is 0.491 e. The highest BCUT2D eigenvalue weighted by molar-refractivity contribution is 6.30. The minimum absolute atomic E-state index is 0.542.